The maximum absolute atomic E-state index is 12.2. The predicted octanol–water partition coefficient (Wildman–Crippen LogP) is 4.21. The van der Waals surface area contributed by atoms with Gasteiger partial charge in [0.15, 0.2) is 0 Å². The molecule has 1 N–H and O–H groups in total. The molecule has 128 valence electrons. The van der Waals surface area contributed by atoms with E-state index in [9.17, 15) is 14.5 Å². The lowest BCUT2D eigenvalue weighted by atomic mass is 9.93. The van der Waals surface area contributed by atoms with Gasteiger partial charge in [0.25, 0.3) is 0 Å². The van der Waals surface area contributed by atoms with Crippen molar-refractivity contribution < 1.29 is 14.5 Å². The molecule has 25 heavy (non-hydrogen) atoms. The summed E-state index contributed by atoms with van der Waals surface area (Å²) in [6.45, 7) is 3.89. The first kappa shape index (κ1) is 17.5. The Balaban J connectivity index is 2.30. The summed E-state index contributed by atoms with van der Waals surface area (Å²) in [6.07, 6.45) is 3.41. The minimum atomic E-state index is -1.06. The zero-order valence-corrected chi connectivity index (χ0v) is 15.1. The van der Waals surface area contributed by atoms with Gasteiger partial charge in [-0.1, -0.05) is 18.2 Å². The maximum Gasteiger partial charge on any atom is 0.335 e. The SMILES string of the molecule is C[S+]([O-])C(C)(C)c1cc(-c2cccc(C(=O)O)c2)c2ncccc2c1. The first-order chi connectivity index (χ1) is 11.8. The van der Waals surface area contributed by atoms with Crippen molar-refractivity contribution in [1.29, 1.82) is 0 Å². The fourth-order valence-corrected chi connectivity index (χ4v) is 3.20. The van der Waals surface area contributed by atoms with Crippen molar-refractivity contribution in [2.45, 2.75) is 18.6 Å². The van der Waals surface area contributed by atoms with Crippen molar-refractivity contribution in [3.63, 3.8) is 0 Å². The van der Waals surface area contributed by atoms with Crippen molar-refractivity contribution in [3.05, 3.63) is 65.9 Å². The second-order valence-electron chi connectivity index (χ2n) is 6.45. The number of aromatic nitrogens is 1. The minimum absolute atomic E-state index is 0.227. The standard InChI is InChI=1S/C20H19NO3S/c1-20(2,25(3)24)16-11-14-8-5-9-21-18(14)17(12-16)13-6-4-7-15(10-13)19(22)23/h4-12H,1-3H3,(H,22,23). The fourth-order valence-electron chi connectivity index (χ4n) is 2.75. The van der Waals surface area contributed by atoms with Crippen molar-refractivity contribution in [2.24, 2.45) is 0 Å². The number of nitrogens with zero attached hydrogens (tertiary/aromatic N) is 1. The number of aromatic carboxylic acids is 1. The van der Waals surface area contributed by atoms with Crippen LogP contribution >= 0.6 is 0 Å². The number of hydrogen-bond acceptors (Lipinski definition) is 3. The minimum Gasteiger partial charge on any atom is -0.616 e. The Morgan fingerprint density at radius 1 is 1.16 bits per heavy atom. The number of carbonyl (C=O) groups is 1. The van der Waals surface area contributed by atoms with E-state index in [2.05, 4.69) is 4.98 Å². The molecule has 5 heteroatoms. The molecule has 0 aliphatic rings. The number of carboxylic acid groups (broad SMARTS) is 1. The highest BCUT2D eigenvalue weighted by Gasteiger charge is 2.31. The average Bonchev–Trinajstić information content (AvgIpc) is 2.60. The maximum atomic E-state index is 12.2. The van der Waals surface area contributed by atoms with Gasteiger partial charge in [0.2, 0.25) is 0 Å². The van der Waals surface area contributed by atoms with Gasteiger partial charge in [0.05, 0.1) is 17.3 Å². The highest BCUT2D eigenvalue weighted by molar-refractivity contribution is 7.91. The molecule has 0 bridgehead atoms. The Labute approximate surface area is 149 Å². The van der Waals surface area contributed by atoms with Gasteiger partial charge < -0.3 is 9.66 Å². The molecule has 0 saturated heterocycles. The Kier molecular flexibility index (Phi) is 4.54. The van der Waals surface area contributed by atoms with Crippen LogP contribution in [0.15, 0.2) is 54.7 Å². The molecule has 1 heterocycles. The summed E-state index contributed by atoms with van der Waals surface area (Å²) in [4.78, 5) is 15.8. The van der Waals surface area contributed by atoms with Crippen LogP contribution in [0.25, 0.3) is 22.0 Å². The Morgan fingerprint density at radius 2 is 1.92 bits per heavy atom. The predicted molar refractivity (Wildman–Crippen MR) is 101 cm³/mol. The van der Waals surface area contributed by atoms with E-state index in [0.717, 1.165) is 27.6 Å². The molecular weight excluding hydrogens is 334 g/mol. The van der Waals surface area contributed by atoms with E-state index in [1.165, 1.54) is 0 Å². The monoisotopic (exact) mass is 353 g/mol. The van der Waals surface area contributed by atoms with Gasteiger partial charge in [-0.05, 0) is 60.9 Å². The third-order valence-corrected chi connectivity index (χ3v) is 6.21. The lowest BCUT2D eigenvalue weighted by molar-refractivity contribution is 0.0697. The molecule has 1 atom stereocenters. The van der Waals surface area contributed by atoms with E-state index in [-0.39, 0.29) is 5.56 Å². The molecule has 0 saturated carbocycles. The highest BCUT2D eigenvalue weighted by Crippen LogP contribution is 2.36. The molecule has 0 fully saturated rings. The van der Waals surface area contributed by atoms with Crippen LogP contribution in [0.4, 0.5) is 0 Å². The van der Waals surface area contributed by atoms with Gasteiger partial charge in [-0.25, -0.2) is 4.79 Å². The Morgan fingerprint density at radius 3 is 2.60 bits per heavy atom. The number of carboxylic acids is 1. The molecule has 0 aliphatic heterocycles. The van der Waals surface area contributed by atoms with Crippen LogP contribution in [0.1, 0.15) is 29.8 Å². The quantitative estimate of drug-likeness (QED) is 0.713. The third-order valence-electron chi connectivity index (χ3n) is 4.54. The number of rotatable bonds is 4. The van der Waals surface area contributed by atoms with Gasteiger partial charge in [0, 0.05) is 22.7 Å². The van der Waals surface area contributed by atoms with Gasteiger partial charge >= 0.3 is 5.97 Å². The molecule has 3 aromatic rings. The molecule has 0 amide bonds. The second kappa shape index (κ2) is 6.50. The smallest absolute Gasteiger partial charge is 0.335 e. The lowest BCUT2D eigenvalue weighted by Gasteiger charge is -2.27. The lowest BCUT2D eigenvalue weighted by Crippen LogP contribution is -2.28. The largest absolute Gasteiger partial charge is 0.616 e. The summed E-state index contributed by atoms with van der Waals surface area (Å²) < 4.78 is 11.7. The first-order valence-corrected chi connectivity index (χ1v) is 9.43. The Bertz CT molecular complexity index is 951. The van der Waals surface area contributed by atoms with E-state index >= 15 is 0 Å². The summed E-state index contributed by atoms with van der Waals surface area (Å²) in [5.41, 5.74) is 3.58. The zero-order valence-electron chi connectivity index (χ0n) is 14.3. The molecule has 0 radical (unpaired) electrons. The fraction of sp³-hybridized carbons (Fsp3) is 0.200. The van der Waals surface area contributed by atoms with E-state index in [1.807, 2.05) is 44.2 Å². The molecule has 0 aliphatic carbocycles. The van der Waals surface area contributed by atoms with Crippen molar-refractivity contribution in [1.82, 2.24) is 4.98 Å². The van der Waals surface area contributed by atoms with E-state index < -0.39 is 21.9 Å². The van der Waals surface area contributed by atoms with Crippen LogP contribution in [-0.4, -0.2) is 26.9 Å². The van der Waals surface area contributed by atoms with Crippen molar-refractivity contribution in [2.75, 3.05) is 6.26 Å². The van der Waals surface area contributed by atoms with Gasteiger partial charge in [-0.3, -0.25) is 4.98 Å². The summed E-state index contributed by atoms with van der Waals surface area (Å²) in [7, 11) is 0. The topological polar surface area (TPSA) is 73.2 Å². The normalized spacial score (nSPS) is 13.0. The van der Waals surface area contributed by atoms with E-state index in [1.54, 1.807) is 30.7 Å². The van der Waals surface area contributed by atoms with E-state index in [4.69, 9.17) is 0 Å². The van der Waals surface area contributed by atoms with Crippen LogP contribution < -0.4 is 0 Å². The van der Waals surface area contributed by atoms with Crippen LogP contribution in [0, 0.1) is 0 Å². The summed E-state index contributed by atoms with van der Waals surface area (Å²) >= 11 is -1.06. The number of pyridine rings is 1. The molecular formula is C20H19NO3S. The van der Waals surface area contributed by atoms with Crippen molar-refractivity contribution in [3.8, 4) is 11.1 Å². The molecule has 1 unspecified atom stereocenters. The van der Waals surface area contributed by atoms with Gasteiger partial charge in [-0.2, -0.15) is 0 Å². The summed E-state index contributed by atoms with van der Waals surface area (Å²) in [5.74, 6) is -0.967. The number of fused-ring (bicyclic) bond motifs is 1. The third kappa shape index (κ3) is 3.25. The molecule has 1 aromatic heterocycles. The second-order valence-corrected chi connectivity index (χ2v) is 8.38. The van der Waals surface area contributed by atoms with Crippen LogP contribution in [0.5, 0.6) is 0 Å². The molecule has 0 spiro atoms. The molecule has 3 rings (SSSR count). The molecule has 4 nitrogen and oxygen atoms in total. The van der Waals surface area contributed by atoms with Crippen LogP contribution in [0.3, 0.4) is 0 Å². The number of hydrogen-bond donors (Lipinski definition) is 1. The van der Waals surface area contributed by atoms with Gasteiger partial charge in [-0.15, -0.1) is 0 Å². The summed E-state index contributed by atoms with van der Waals surface area (Å²) in [5, 5.41) is 10.2. The van der Waals surface area contributed by atoms with Gasteiger partial charge in [0.1, 0.15) is 4.75 Å². The molecule has 2 aromatic carbocycles. The average molecular weight is 353 g/mol. The first-order valence-electron chi connectivity index (χ1n) is 7.87. The highest BCUT2D eigenvalue weighted by atomic mass is 32.2. The van der Waals surface area contributed by atoms with Crippen LogP contribution in [-0.2, 0) is 15.9 Å². The Hall–Kier alpha value is -2.37. The zero-order chi connectivity index (χ0) is 18.2. The van der Waals surface area contributed by atoms with Crippen LogP contribution in [0.2, 0.25) is 0 Å². The number of benzene rings is 2. The van der Waals surface area contributed by atoms with E-state index in [0.29, 0.717) is 0 Å². The van der Waals surface area contributed by atoms with Crippen molar-refractivity contribution >= 4 is 28.0 Å². The summed E-state index contributed by atoms with van der Waals surface area (Å²) in [6, 6.07) is 14.6.